The van der Waals surface area contributed by atoms with Crippen molar-refractivity contribution in [2.75, 3.05) is 6.54 Å². The van der Waals surface area contributed by atoms with Crippen LogP contribution in [-0.4, -0.2) is 34.0 Å². The fraction of sp³-hybridized carbons (Fsp3) is 0.579. The third kappa shape index (κ3) is 3.38. The molecule has 0 saturated carbocycles. The summed E-state index contributed by atoms with van der Waals surface area (Å²) >= 11 is 1.25. The molecule has 27 heavy (non-hydrogen) atoms. The summed E-state index contributed by atoms with van der Waals surface area (Å²) in [4.78, 5) is 43.8. The number of aromatic nitrogens is 2. The van der Waals surface area contributed by atoms with Gasteiger partial charge in [0, 0.05) is 19.5 Å². The summed E-state index contributed by atoms with van der Waals surface area (Å²) in [6.45, 7) is 3.14. The zero-order valence-corrected chi connectivity index (χ0v) is 16.3. The van der Waals surface area contributed by atoms with Gasteiger partial charge in [0.2, 0.25) is 5.91 Å². The highest BCUT2D eigenvalue weighted by Crippen LogP contribution is 2.28. The van der Waals surface area contributed by atoms with E-state index in [-0.39, 0.29) is 17.4 Å². The van der Waals surface area contributed by atoms with Crippen molar-refractivity contribution < 1.29 is 9.59 Å². The molecule has 1 fully saturated rings. The maximum atomic E-state index is 13.0. The van der Waals surface area contributed by atoms with E-state index in [4.69, 9.17) is 4.98 Å². The Balaban J connectivity index is 1.69. The molecule has 4 rings (SSSR count). The van der Waals surface area contributed by atoms with Crippen LogP contribution in [0.4, 0.5) is 0 Å². The van der Waals surface area contributed by atoms with Crippen molar-refractivity contribution in [3.63, 3.8) is 0 Å². The zero-order chi connectivity index (χ0) is 19.0. The molecule has 7 nitrogen and oxygen atoms in total. The molecule has 0 spiro atoms. The number of nitrogens with zero attached hydrogens (tertiary/aromatic N) is 2. The van der Waals surface area contributed by atoms with E-state index in [0.29, 0.717) is 40.2 Å². The number of rotatable bonds is 2. The van der Waals surface area contributed by atoms with E-state index in [1.807, 2.05) is 0 Å². The van der Waals surface area contributed by atoms with Crippen LogP contribution in [0.15, 0.2) is 4.79 Å². The molecule has 1 unspecified atom stereocenters. The van der Waals surface area contributed by atoms with E-state index < -0.39 is 6.04 Å². The minimum absolute atomic E-state index is 0.0445. The van der Waals surface area contributed by atoms with Gasteiger partial charge in [-0.1, -0.05) is 6.42 Å². The molecule has 0 bridgehead atoms. The normalized spacial score (nSPS) is 20.5. The highest BCUT2D eigenvalue weighted by atomic mass is 32.1. The first-order valence-electron chi connectivity index (χ1n) is 9.67. The van der Waals surface area contributed by atoms with E-state index in [1.54, 1.807) is 11.5 Å². The van der Waals surface area contributed by atoms with Crippen LogP contribution >= 0.6 is 11.3 Å². The lowest BCUT2D eigenvalue weighted by Gasteiger charge is -2.14. The van der Waals surface area contributed by atoms with Crippen molar-refractivity contribution in [2.45, 2.75) is 64.5 Å². The van der Waals surface area contributed by atoms with Gasteiger partial charge in [0.15, 0.2) is 0 Å². The summed E-state index contributed by atoms with van der Waals surface area (Å²) in [7, 11) is 0. The van der Waals surface area contributed by atoms with Gasteiger partial charge in [0.1, 0.15) is 16.7 Å². The van der Waals surface area contributed by atoms with Crippen LogP contribution in [0, 0.1) is 6.92 Å². The number of hydrogen-bond acceptors (Lipinski definition) is 5. The number of hydrogen-bond donors (Lipinski definition) is 2. The van der Waals surface area contributed by atoms with Gasteiger partial charge >= 0.3 is 0 Å². The number of carbonyl (C=O) groups is 2. The Bertz CT molecular complexity index is 962. The highest BCUT2D eigenvalue weighted by molar-refractivity contribution is 7.20. The molecule has 2 aliphatic rings. The predicted molar refractivity (Wildman–Crippen MR) is 104 cm³/mol. The van der Waals surface area contributed by atoms with Crippen LogP contribution in [0.5, 0.6) is 0 Å². The van der Waals surface area contributed by atoms with Crippen LogP contribution < -0.4 is 16.2 Å². The smallest absolute Gasteiger partial charge is 0.262 e. The molecular weight excluding hydrogens is 364 g/mol. The SMILES string of the molecule is Cc1c(C(=O)NC2CCCCNC2=O)sc2nc3n(c(=O)c12)CCCCC3. The van der Waals surface area contributed by atoms with Crippen LogP contribution in [-0.2, 0) is 17.8 Å². The number of aryl methyl sites for hydroxylation is 2. The third-order valence-corrected chi connectivity index (χ3v) is 6.64. The Kier molecular flexibility index (Phi) is 4.99. The molecule has 0 aromatic carbocycles. The van der Waals surface area contributed by atoms with E-state index in [9.17, 15) is 14.4 Å². The van der Waals surface area contributed by atoms with Gasteiger partial charge in [-0.25, -0.2) is 4.98 Å². The molecule has 4 heterocycles. The Morgan fingerprint density at radius 1 is 1.22 bits per heavy atom. The summed E-state index contributed by atoms with van der Waals surface area (Å²) in [6, 6.07) is -0.518. The summed E-state index contributed by atoms with van der Waals surface area (Å²) < 4.78 is 1.77. The van der Waals surface area contributed by atoms with E-state index in [0.717, 1.165) is 44.3 Å². The molecule has 2 N–H and O–H groups in total. The quantitative estimate of drug-likeness (QED) is 0.822. The van der Waals surface area contributed by atoms with Gasteiger partial charge in [-0.15, -0.1) is 11.3 Å². The Morgan fingerprint density at radius 2 is 2.07 bits per heavy atom. The maximum absolute atomic E-state index is 13.0. The molecule has 1 saturated heterocycles. The molecule has 0 aliphatic carbocycles. The van der Waals surface area contributed by atoms with Crippen molar-refractivity contribution in [3.05, 3.63) is 26.6 Å². The molecule has 8 heteroatoms. The molecular formula is C19H24N4O3S. The Labute approximate surface area is 161 Å². The number of carbonyl (C=O) groups excluding carboxylic acids is 2. The Hall–Kier alpha value is -2.22. The van der Waals surface area contributed by atoms with Crippen molar-refractivity contribution in [1.29, 1.82) is 0 Å². The van der Waals surface area contributed by atoms with Crippen LogP contribution in [0.2, 0.25) is 0 Å². The molecule has 2 aromatic rings. The van der Waals surface area contributed by atoms with Crippen LogP contribution in [0.3, 0.4) is 0 Å². The van der Waals surface area contributed by atoms with Crippen molar-refractivity contribution >= 4 is 33.4 Å². The fourth-order valence-electron chi connectivity index (χ4n) is 3.93. The van der Waals surface area contributed by atoms with Gasteiger partial charge < -0.3 is 10.6 Å². The maximum Gasteiger partial charge on any atom is 0.262 e. The number of amides is 2. The number of thiophene rings is 1. The minimum atomic E-state index is -0.518. The largest absolute Gasteiger partial charge is 0.354 e. The summed E-state index contributed by atoms with van der Waals surface area (Å²) in [5.74, 6) is 0.392. The van der Waals surface area contributed by atoms with Gasteiger partial charge in [-0.05, 0) is 44.6 Å². The summed E-state index contributed by atoms with van der Waals surface area (Å²) in [5.41, 5.74) is 0.621. The monoisotopic (exact) mass is 388 g/mol. The number of fused-ring (bicyclic) bond motifs is 2. The van der Waals surface area contributed by atoms with Crippen molar-refractivity contribution in [2.24, 2.45) is 0 Å². The van der Waals surface area contributed by atoms with Gasteiger partial charge in [-0.3, -0.25) is 19.0 Å². The van der Waals surface area contributed by atoms with Crippen molar-refractivity contribution in [1.82, 2.24) is 20.2 Å². The first-order valence-corrected chi connectivity index (χ1v) is 10.5. The standard InChI is InChI=1S/C19H24N4O3S/c1-11-14-18(22-13-8-3-2-6-10-23(13)19(14)26)27-15(11)17(25)21-12-7-4-5-9-20-16(12)24/h12H,2-10H2,1H3,(H,20,24)(H,21,25). The van der Waals surface area contributed by atoms with Gasteiger partial charge in [0.05, 0.1) is 10.3 Å². The van der Waals surface area contributed by atoms with Gasteiger partial charge in [-0.2, -0.15) is 0 Å². The topological polar surface area (TPSA) is 93.1 Å². The molecule has 0 radical (unpaired) electrons. The summed E-state index contributed by atoms with van der Waals surface area (Å²) in [5, 5.41) is 6.22. The predicted octanol–water partition coefficient (Wildman–Crippen LogP) is 1.89. The summed E-state index contributed by atoms with van der Waals surface area (Å²) in [6.07, 6.45) is 6.37. The highest BCUT2D eigenvalue weighted by Gasteiger charge is 2.26. The van der Waals surface area contributed by atoms with E-state index in [1.165, 1.54) is 11.3 Å². The molecule has 1 atom stereocenters. The first kappa shape index (κ1) is 18.2. The van der Waals surface area contributed by atoms with E-state index in [2.05, 4.69) is 10.6 Å². The van der Waals surface area contributed by atoms with Crippen LogP contribution in [0.1, 0.15) is 59.6 Å². The molecule has 2 amide bonds. The zero-order valence-electron chi connectivity index (χ0n) is 15.5. The Morgan fingerprint density at radius 3 is 2.93 bits per heavy atom. The third-order valence-electron chi connectivity index (χ3n) is 5.46. The van der Waals surface area contributed by atoms with Crippen molar-refractivity contribution in [3.8, 4) is 0 Å². The van der Waals surface area contributed by atoms with Crippen LogP contribution in [0.25, 0.3) is 10.2 Å². The second kappa shape index (κ2) is 7.42. The lowest BCUT2D eigenvalue weighted by atomic mass is 10.1. The lowest BCUT2D eigenvalue weighted by Crippen LogP contribution is -2.45. The molecule has 2 aromatic heterocycles. The first-order chi connectivity index (χ1) is 13.1. The number of nitrogens with one attached hydrogen (secondary N) is 2. The fourth-order valence-corrected chi connectivity index (χ4v) is 5.02. The minimum Gasteiger partial charge on any atom is -0.354 e. The lowest BCUT2D eigenvalue weighted by molar-refractivity contribution is -0.122. The van der Waals surface area contributed by atoms with Gasteiger partial charge in [0.25, 0.3) is 11.5 Å². The second-order valence-electron chi connectivity index (χ2n) is 7.34. The molecule has 2 aliphatic heterocycles. The molecule has 144 valence electrons. The average molecular weight is 388 g/mol. The second-order valence-corrected chi connectivity index (χ2v) is 8.34. The van der Waals surface area contributed by atoms with E-state index >= 15 is 0 Å². The average Bonchev–Trinajstić information content (AvgIpc) is 2.81.